The van der Waals surface area contributed by atoms with Crippen LogP contribution in [0.5, 0.6) is 0 Å². The van der Waals surface area contributed by atoms with Gasteiger partial charge in [-0.15, -0.1) is 0 Å². The number of hydrogen-bond acceptors (Lipinski definition) is 3. The van der Waals surface area contributed by atoms with Gasteiger partial charge in [0.15, 0.2) is 0 Å². The number of carbonyl (C=O) groups excluding carboxylic acids is 1. The summed E-state index contributed by atoms with van der Waals surface area (Å²) in [4.78, 5) is 14.3. The van der Waals surface area contributed by atoms with Gasteiger partial charge in [-0.25, -0.2) is 0 Å². The number of nitrogens with two attached hydrogens (primary N) is 1. The zero-order valence-electron chi connectivity index (χ0n) is 12.1. The minimum absolute atomic E-state index is 0.0992. The van der Waals surface area contributed by atoms with E-state index in [2.05, 4.69) is 24.1 Å². The van der Waals surface area contributed by atoms with E-state index in [9.17, 15) is 4.79 Å². The van der Waals surface area contributed by atoms with Gasteiger partial charge in [0, 0.05) is 12.6 Å². The Bertz CT molecular complexity index is 376. The van der Waals surface area contributed by atoms with E-state index < -0.39 is 6.04 Å². The summed E-state index contributed by atoms with van der Waals surface area (Å²) < 4.78 is 0. The van der Waals surface area contributed by atoms with E-state index in [1.54, 1.807) is 0 Å². The van der Waals surface area contributed by atoms with Gasteiger partial charge in [-0.2, -0.15) is 0 Å². The van der Waals surface area contributed by atoms with Gasteiger partial charge in [0.25, 0.3) is 0 Å². The number of carbonyl (C=O) groups is 1. The second-order valence-corrected chi connectivity index (χ2v) is 4.78. The fourth-order valence-corrected chi connectivity index (χ4v) is 2.06. The van der Waals surface area contributed by atoms with Crippen LogP contribution in [0.15, 0.2) is 30.3 Å². The van der Waals surface area contributed by atoms with Crippen molar-refractivity contribution in [3.05, 3.63) is 35.9 Å². The van der Waals surface area contributed by atoms with Crippen molar-refractivity contribution in [3.63, 3.8) is 0 Å². The molecule has 0 bridgehead atoms. The lowest BCUT2D eigenvalue weighted by Gasteiger charge is -2.24. The topological polar surface area (TPSA) is 58.4 Å². The van der Waals surface area contributed by atoms with Crippen molar-refractivity contribution >= 4 is 5.91 Å². The van der Waals surface area contributed by atoms with E-state index in [1.807, 2.05) is 37.3 Å². The number of amides is 1. The molecule has 19 heavy (non-hydrogen) atoms. The monoisotopic (exact) mass is 263 g/mol. The zero-order valence-corrected chi connectivity index (χ0v) is 12.1. The van der Waals surface area contributed by atoms with Gasteiger partial charge in [0.1, 0.15) is 6.04 Å². The van der Waals surface area contributed by atoms with Crippen LogP contribution in [-0.4, -0.2) is 36.5 Å². The van der Waals surface area contributed by atoms with Crippen LogP contribution in [0.3, 0.4) is 0 Å². The molecule has 0 heterocycles. The molecule has 4 heteroatoms. The first-order valence-electron chi connectivity index (χ1n) is 6.91. The quantitative estimate of drug-likeness (QED) is 0.784. The van der Waals surface area contributed by atoms with Gasteiger partial charge < -0.3 is 16.0 Å². The molecule has 0 saturated carbocycles. The number of hydrogen-bond donors (Lipinski definition) is 2. The third kappa shape index (κ3) is 5.01. The van der Waals surface area contributed by atoms with Crippen LogP contribution in [0.4, 0.5) is 0 Å². The van der Waals surface area contributed by atoms with E-state index in [0.717, 1.165) is 25.2 Å². The normalized spacial score (nSPS) is 14.2. The lowest BCUT2D eigenvalue weighted by molar-refractivity contribution is -0.123. The van der Waals surface area contributed by atoms with E-state index in [-0.39, 0.29) is 11.9 Å². The Kier molecular flexibility index (Phi) is 6.53. The average Bonchev–Trinajstić information content (AvgIpc) is 2.44. The molecular formula is C15H25N3O. The Morgan fingerprint density at radius 3 is 2.37 bits per heavy atom. The predicted octanol–water partition coefficient (Wildman–Crippen LogP) is 1.53. The van der Waals surface area contributed by atoms with Crippen LogP contribution in [0.1, 0.15) is 32.4 Å². The van der Waals surface area contributed by atoms with E-state index in [1.165, 1.54) is 0 Å². The van der Waals surface area contributed by atoms with Crippen molar-refractivity contribution in [3.8, 4) is 0 Å². The number of nitrogens with zero attached hydrogens (tertiary/aromatic N) is 1. The molecule has 106 valence electrons. The third-order valence-corrected chi connectivity index (χ3v) is 3.26. The van der Waals surface area contributed by atoms with Gasteiger partial charge in [-0.1, -0.05) is 44.2 Å². The Hall–Kier alpha value is -1.39. The molecule has 0 fully saturated rings. The summed E-state index contributed by atoms with van der Waals surface area (Å²) >= 11 is 0. The molecule has 1 aromatic carbocycles. The standard InChI is InChI=1S/C15H25N3O/c1-4-18(5-2)11-12(3)17-15(19)14(16)13-9-7-6-8-10-13/h6-10,12,14H,4-5,11,16H2,1-3H3,(H,17,19)/t12?,14-/m1/s1. The summed E-state index contributed by atoms with van der Waals surface area (Å²) in [7, 11) is 0. The maximum Gasteiger partial charge on any atom is 0.241 e. The highest BCUT2D eigenvalue weighted by Gasteiger charge is 2.18. The molecule has 0 aliphatic heterocycles. The number of rotatable bonds is 7. The van der Waals surface area contributed by atoms with Gasteiger partial charge >= 0.3 is 0 Å². The highest BCUT2D eigenvalue weighted by atomic mass is 16.2. The lowest BCUT2D eigenvalue weighted by Crippen LogP contribution is -2.45. The molecule has 0 radical (unpaired) electrons. The van der Waals surface area contributed by atoms with Crippen LogP contribution in [0, 0.1) is 0 Å². The molecular weight excluding hydrogens is 238 g/mol. The first-order chi connectivity index (χ1) is 9.08. The van der Waals surface area contributed by atoms with Crippen LogP contribution < -0.4 is 11.1 Å². The molecule has 0 saturated heterocycles. The van der Waals surface area contributed by atoms with Crippen molar-refractivity contribution in [2.45, 2.75) is 32.9 Å². The zero-order chi connectivity index (χ0) is 14.3. The Morgan fingerprint density at radius 2 is 1.84 bits per heavy atom. The molecule has 0 aliphatic rings. The van der Waals surface area contributed by atoms with Crippen LogP contribution in [0.25, 0.3) is 0 Å². The molecule has 4 nitrogen and oxygen atoms in total. The van der Waals surface area contributed by atoms with E-state index in [0.29, 0.717) is 0 Å². The van der Waals surface area contributed by atoms with Crippen molar-refractivity contribution in [2.75, 3.05) is 19.6 Å². The summed E-state index contributed by atoms with van der Waals surface area (Å²) in [6, 6.07) is 8.95. The van der Waals surface area contributed by atoms with E-state index >= 15 is 0 Å². The minimum Gasteiger partial charge on any atom is -0.351 e. The summed E-state index contributed by atoms with van der Waals surface area (Å²) in [6.07, 6.45) is 0. The molecule has 1 aromatic rings. The van der Waals surface area contributed by atoms with E-state index in [4.69, 9.17) is 5.73 Å². The predicted molar refractivity (Wildman–Crippen MR) is 78.8 cm³/mol. The van der Waals surface area contributed by atoms with Gasteiger partial charge in [-0.05, 0) is 25.6 Å². The maximum absolute atomic E-state index is 12.1. The number of nitrogens with one attached hydrogen (secondary N) is 1. The summed E-state index contributed by atoms with van der Waals surface area (Å²) in [5.41, 5.74) is 6.80. The fourth-order valence-electron chi connectivity index (χ4n) is 2.06. The van der Waals surface area contributed by atoms with Crippen LogP contribution in [-0.2, 0) is 4.79 Å². The Labute approximate surface area is 116 Å². The Morgan fingerprint density at radius 1 is 1.26 bits per heavy atom. The SMILES string of the molecule is CCN(CC)CC(C)NC(=O)[C@H](N)c1ccccc1. The molecule has 1 unspecified atom stereocenters. The summed E-state index contributed by atoms with van der Waals surface area (Å²) in [6.45, 7) is 9.07. The second-order valence-electron chi connectivity index (χ2n) is 4.78. The third-order valence-electron chi connectivity index (χ3n) is 3.26. The molecule has 3 N–H and O–H groups in total. The minimum atomic E-state index is -0.597. The molecule has 0 aliphatic carbocycles. The average molecular weight is 263 g/mol. The van der Waals surface area contributed by atoms with Crippen molar-refractivity contribution in [1.29, 1.82) is 0 Å². The molecule has 0 aromatic heterocycles. The smallest absolute Gasteiger partial charge is 0.241 e. The fraction of sp³-hybridized carbons (Fsp3) is 0.533. The highest BCUT2D eigenvalue weighted by molar-refractivity contribution is 5.83. The maximum atomic E-state index is 12.1. The van der Waals surface area contributed by atoms with Crippen molar-refractivity contribution in [1.82, 2.24) is 10.2 Å². The van der Waals surface area contributed by atoms with Gasteiger partial charge in [0.2, 0.25) is 5.91 Å². The lowest BCUT2D eigenvalue weighted by atomic mass is 10.1. The molecule has 2 atom stereocenters. The largest absolute Gasteiger partial charge is 0.351 e. The molecule has 0 spiro atoms. The molecule has 1 amide bonds. The van der Waals surface area contributed by atoms with Gasteiger partial charge in [0.05, 0.1) is 0 Å². The number of likely N-dealkylation sites (N-methyl/N-ethyl adjacent to an activating group) is 1. The van der Waals surface area contributed by atoms with Gasteiger partial charge in [-0.3, -0.25) is 4.79 Å². The Balaban J connectivity index is 2.50. The van der Waals surface area contributed by atoms with Crippen molar-refractivity contribution < 1.29 is 4.79 Å². The summed E-state index contributed by atoms with van der Waals surface area (Å²) in [5.74, 6) is -0.120. The molecule has 1 rings (SSSR count). The second kappa shape index (κ2) is 7.92. The highest BCUT2D eigenvalue weighted by Crippen LogP contribution is 2.09. The van der Waals surface area contributed by atoms with Crippen molar-refractivity contribution in [2.24, 2.45) is 5.73 Å². The first-order valence-corrected chi connectivity index (χ1v) is 6.91. The summed E-state index contributed by atoms with van der Waals surface area (Å²) in [5, 5.41) is 2.97. The van der Waals surface area contributed by atoms with Crippen LogP contribution >= 0.6 is 0 Å². The number of benzene rings is 1. The first kappa shape index (κ1) is 15.7. The van der Waals surface area contributed by atoms with Crippen LogP contribution in [0.2, 0.25) is 0 Å².